The lowest BCUT2D eigenvalue weighted by Crippen LogP contribution is -2.50. The zero-order chi connectivity index (χ0) is 15.8. The highest BCUT2D eigenvalue weighted by Gasteiger charge is 2.23. The zero-order valence-electron chi connectivity index (χ0n) is 15.8. The highest BCUT2D eigenvalue weighted by Crippen LogP contribution is 2.16. The molecule has 0 saturated carbocycles. The molecule has 0 aliphatic rings. The van der Waals surface area contributed by atoms with Gasteiger partial charge in [0.25, 0.3) is 0 Å². The first-order valence-corrected chi connectivity index (χ1v) is 10.1. The van der Waals surface area contributed by atoms with Crippen molar-refractivity contribution in [2.24, 2.45) is 0 Å². The first-order valence-electron chi connectivity index (χ1n) is 10.1. The first-order chi connectivity index (χ1) is 10.2. The Bertz CT molecular complexity index is 183. The Kier molecular flexibility index (Phi) is 14.9. The molecule has 0 fully saturated rings. The molecule has 0 aliphatic heterocycles. The summed E-state index contributed by atoms with van der Waals surface area (Å²) >= 11 is 0. The molecule has 0 amide bonds. The van der Waals surface area contributed by atoms with Gasteiger partial charge in [-0.2, -0.15) is 0 Å². The molecule has 0 aromatic carbocycles. The van der Waals surface area contributed by atoms with Crippen LogP contribution in [0.25, 0.3) is 0 Å². The van der Waals surface area contributed by atoms with Gasteiger partial charge in [0.2, 0.25) is 0 Å². The van der Waals surface area contributed by atoms with Gasteiger partial charge in [-0.3, -0.25) is 0 Å². The molecule has 0 rings (SSSR count). The summed E-state index contributed by atoms with van der Waals surface area (Å²) in [5.41, 5.74) is 0. The summed E-state index contributed by atoms with van der Waals surface area (Å²) in [6.45, 7) is 15.0. The average Bonchev–Trinajstić information content (AvgIpc) is 2.46. The van der Waals surface area contributed by atoms with Crippen LogP contribution in [0.15, 0.2) is 0 Å². The molecule has 0 heterocycles. The van der Waals surface area contributed by atoms with Crippen LogP contribution in [0.2, 0.25) is 0 Å². The third-order valence-corrected chi connectivity index (χ3v) is 4.83. The highest BCUT2D eigenvalue weighted by atomic mass is 15.3. The van der Waals surface area contributed by atoms with E-state index in [1.54, 1.807) is 0 Å². The summed E-state index contributed by atoms with van der Waals surface area (Å²) in [5, 5.41) is 0. The van der Waals surface area contributed by atoms with E-state index in [1.165, 1.54) is 108 Å². The summed E-state index contributed by atoms with van der Waals surface area (Å²) in [7, 11) is 0. The van der Waals surface area contributed by atoms with Crippen LogP contribution in [-0.4, -0.2) is 30.7 Å². The molecule has 0 spiro atoms. The third-order valence-electron chi connectivity index (χ3n) is 4.83. The Morgan fingerprint density at radius 2 is 0.762 bits per heavy atom. The SMILES string of the molecule is CCCCCCCCCCC[N+](CCC)(CCC)CCC. The molecular formula is C20H44N+. The molecule has 0 atom stereocenters. The molecule has 0 aliphatic carbocycles. The Morgan fingerprint density at radius 3 is 1.14 bits per heavy atom. The maximum atomic E-state index is 2.36. The molecule has 0 unspecified atom stereocenters. The molecule has 0 bridgehead atoms. The monoisotopic (exact) mass is 298 g/mol. The van der Waals surface area contributed by atoms with Gasteiger partial charge in [-0.1, -0.05) is 72.6 Å². The lowest BCUT2D eigenvalue weighted by Gasteiger charge is -2.38. The smallest absolute Gasteiger partial charge is 0.0786 e. The zero-order valence-corrected chi connectivity index (χ0v) is 15.8. The van der Waals surface area contributed by atoms with E-state index in [4.69, 9.17) is 0 Å². The van der Waals surface area contributed by atoms with Crippen molar-refractivity contribution >= 4 is 0 Å². The van der Waals surface area contributed by atoms with Crippen molar-refractivity contribution in [3.05, 3.63) is 0 Å². The second-order valence-electron chi connectivity index (χ2n) is 7.06. The fourth-order valence-corrected chi connectivity index (χ4v) is 3.85. The largest absolute Gasteiger partial charge is 0.324 e. The Hall–Kier alpha value is -0.0400. The van der Waals surface area contributed by atoms with Crippen molar-refractivity contribution in [2.75, 3.05) is 26.2 Å². The van der Waals surface area contributed by atoms with Crippen LogP contribution in [-0.2, 0) is 0 Å². The molecular weight excluding hydrogens is 254 g/mol. The minimum absolute atomic E-state index is 1.34. The van der Waals surface area contributed by atoms with Gasteiger partial charge in [-0.15, -0.1) is 0 Å². The van der Waals surface area contributed by atoms with Gasteiger partial charge >= 0.3 is 0 Å². The average molecular weight is 299 g/mol. The topological polar surface area (TPSA) is 0 Å². The van der Waals surface area contributed by atoms with E-state index >= 15 is 0 Å². The van der Waals surface area contributed by atoms with Crippen molar-refractivity contribution in [3.63, 3.8) is 0 Å². The van der Waals surface area contributed by atoms with E-state index in [0.717, 1.165) is 0 Å². The van der Waals surface area contributed by atoms with Crippen LogP contribution < -0.4 is 0 Å². The van der Waals surface area contributed by atoms with Gasteiger partial charge in [0.15, 0.2) is 0 Å². The molecule has 128 valence electrons. The lowest BCUT2D eigenvalue weighted by molar-refractivity contribution is -0.928. The normalized spacial score (nSPS) is 12.0. The second-order valence-corrected chi connectivity index (χ2v) is 7.06. The summed E-state index contributed by atoms with van der Waals surface area (Å²) < 4.78 is 1.40. The number of unbranched alkanes of at least 4 members (excludes halogenated alkanes) is 8. The number of nitrogens with zero attached hydrogens (tertiary/aromatic N) is 1. The summed E-state index contributed by atoms with van der Waals surface area (Å²) in [6, 6.07) is 0. The van der Waals surface area contributed by atoms with Crippen molar-refractivity contribution < 1.29 is 4.48 Å². The molecule has 0 aromatic rings. The standard InChI is InChI=1S/C20H44N/c1-5-9-10-11-12-13-14-15-16-20-21(17-6-2,18-7-3)19-8-4/h5-20H2,1-4H3/q+1. The molecule has 1 nitrogen and oxygen atoms in total. The van der Waals surface area contributed by atoms with Gasteiger partial charge in [0, 0.05) is 0 Å². The molecule has 1 heteroatoms. The molecule has 0 aromatic heterocycles. The predicted octanol–water partition coefficient (Wildman–Crippen LogP) is 6.56. The molecule has 0 N–H and O–H groups in total. The van der Waals surface area contributed by atoms with Crippen LogP contribution in [0.3, 0.4) is 0 Å². The highest BCUT2D eigenvalue weighted by molar-refractivity contribution is 4.50. The van der Waals surface area contributed by atoms with Crippen molar-refractivity contribution in [1.82, 2.24) is 0 Å². The Morgan fingerprint density at radius 1 is 0.381 bits per heavy atom. The van der Waals surface area contributed by atoms with Gasteiger partial charge in [0.05, 0.1) is 26.2 Å². The summed E-state index contributed by atoms with van der Waals surface area (Å²) in [6.07, 6.45) is 17.1. The van der Waals surface area contributed by atoms with Crippen molar-refractivity contribution in [1.29, 1.82) is 0 Å². The van der Waals surface area contributed by atoms with Crippen LogP contribution in [0.1, 0.15) is 105 Å². The summed E-state index contributed by atoms with van der Waals surface area (Å²) in [4.78, 5) is 0. The Labute approximate surface area is 136 Å². The van der Waals surface area contributed by atoms with Crippen LogP contribution >= 0.6 is 0 Å². The van der Waals surface area contributed by atoms with Gasteiger partial charge < -0.3 is 4.48 Å². The number of hydrogen-bond acceptors (Lipinski definition) is 0. The molecule has 21 heavy (non-hydrogen) atoms. The second kappa shape index (κ2) is 14.9. The van der Waals surface area contributed by atoms with E-state index < -0.39 is 0 Å². The fraction of sp³-hybridized carbons (Fsp3) is 1.00. The van der Waals surface area contributed by atoms with Crippen LogP contribution in [0.5, 0.6) is 0 Å². The minimum atomic E-state index is 1.34. The number of hydrogen-bond donors (Lipinski definition) is 0. The van der Waals surface area contributed by atoms with Crippen LogP contribution in [0.4, 0.5) is 0 Å². The number of quaternary nitrogens is 1. The third kappa shape index (κ3) is 11.2. The van der Waals surface area contributed by atoms with Crippen molar-refractivity contribution in [3.8, 4) is 0 Å². The fourth-order valence-electron chi connectivity index (χ4n) is 3.85. The number of rotatable bonds is 16. The van der Waals surface area contributed by atoms with Gasteiger partial charge in [0.1, 0.15) is 0 Å². The van der Waals surface area contributed by atoms with Gasteiger partial charge in [-0.05, 0) is 32.1 Å². The van der Waals surface area contributed by atoms with Crippen LogP contribution in [0, 0.1) is 0 Å². The van der Waals surface area contributed by atoms with Gasteiger partial charge in [-0.25, -0.2) is 0 Å². The van der Waals surface area contributed by atoms with E-state index in [-0.39, 0.29) is 0 Å². The first kappa shape index (κ1) is 21.0. The predicted molar refractivity (Wildman–Crippen MR) is 97.8 cm³/mol. The molecule has 0 saturated heterocycles. The maximum absolute atomic E-state index is 2.36. The van der Waals surface area contributed by atoms with E-state index in [9.17, 15) is 0 Å². The van der Waals surface area contributed by atoms with Crippen molar-refractivity contribution in [2.45, 2.75) is 105 Å². The van der Waals surface area contributed by atoms with E-state index in [0.29, 0.717) is 0 Å². The quantitative estimate of drug-likeness (QED) is 0.223. The lowest BCUT2D eigenvalue weighted by atomic mass is 10.1. The maximum Gasteiger partial charge on any atom is 0.0786 e. The minimum Gasteiger partial charge on any atom is -0.324 e. The van der Waals surface area contributed by atoms with E-state index in [2.05, 4.69) is 27.7 Å². The summed E-state index contributed by atoms with van der Waals surface area (Å²) in [5.74, 6) is 0. The van der Waals surface area contributed by atoms with E-state index in [1.807, 2.05) is 0 Å². The Balaban J connectivity index is 3.76. The molecule has 0 radical (unpaired) electrons.